The lowest BCUT2D eigenvalue weighted by Gasteiger charge is -2.00. The Balaban J connectivity index is 1.55. The molecular formula is C15H14N4O2S2. The Kier molecular flexibility index (Phi) is 5.06. The number of aliphatic hydroxyl groups is 1. The predicted molar refractivity (Wildman–Crippen MR) is 89.4 cm³/mol. The van der Waals surface area contributed by atoms with E-state index in [2.05, 4.69) is 20.5 Å². The van der Waals surface area contributed by atoms with Crippen LogP contribution in [0.2, 0.25) is 0 Å². The molecule has 2 heterocycles. The van der Waals surface area contributed by atoms with Gasteiger partial charge >= 0.3 is 0 Å². The van der Waals surface area contributed by atoms with Gasteiger partial charge in [0.25, 0.3) is 5.91 Å². The molecule has 2 aromatic heterocycles. The first-order chi connectivity index (χ1) is 11.3. The summed E-state index contributed by atoms with van der Waals surface area (Å²) in [7, 11) is 0. The summed E-state index contributed by atoms with van der Waals surface area (Å²) in [6.07, 6.45) is 2.30. The lowest BCUT2D eigenvalue weighted by atomic mass is 10.2. The summed E-state index contributed by atoms with van der Waals surface area (Å²) in [6, 6.07) is 9.84. The van der Waals surface area contributed by atoms with Gasteiger partial charge in [-0.25, -0.2) is 4.98 Å². The third-order valence-electron chi connectivity index (χ3n) is 3.03. The number of thiazole rings is 1. The number of benzene rings is 1. The highest BCUT2D eigenvalue weighted by Gasteiger charge is 2.12. The number of aliphatic hydroxyl groups excluding tert-OH is 1. The van der Waals surface area contributed by atoms with E-state index >= 15 is 0 Å². The maximum Gasteiger partial charge on any atom is 0.280 e. The molecule has 2 N–H and O–H groups in total. The van der Waals surface area contributed by atoms with E-state index in [0.29, 0.717) is 23.0 Å². The van der Waals surface area contributed by atoms with Crippen LogP contribution in [0.1, 0.15) is 19.8 Å². The molecular weight excluding hydrogens is 332 g/mol. The van der Waals surface area contributed by atoms with Gasteiger partial charge in [0.15, 0.2) is 5.01 Å². The van der Waals surface area contributed by atoms with Crippen molar-refractivity contribution in [3.63, 3.8) is 0 Å². The van der Waals surface area contributed by atoms with Crippen molar-refractivity contribution in [1.29, 1.82) is 0 Å². The van der Waals surface area contributed by atoms with Crippen LogP contribution in [-0.2, 0) is 13.0 Å². The van der Waals surface area contributed by atoms with Crippen LogP contribution in [-0.4, -0.2) is 32.7 Å². The molecule has 118 valence electrons. The lowest BCUT2D eigenvalue weighted by Crippen LogP contribution is -2.25. The van der Waals surface area contributed by atoms with Crippen LogP contribution in [0, 0.1) is 0 Å². The SMILES string of the molecule is O=C(NCCc1nnc(CO)s1)c1ncc(-c2ccccc2)s1. The fraction of sp³-hybridized carbons (Fsp3) is 0.200. The molecule has 0 spiro atoms. The van der Waals surface area contributed by atoms with Gasteiger partial charge in [0.05, 0.1) is 11.5 Å². The summed E-state index contributed by atoms with van der Waals surface area (Å²) in [6.45, 7) is 0.352. The molecule has 0 aliphatic rings. The molecule has 0 atom stereocenters. The second kappa shape index (κ2) is 7.40. The summed E-state index contributed by atoms with van der Waals surface area (Å²) in [5.74, 6) is -0.191. The summed E-state index contributed by atoms with van der Waals surface area (Å²) in [4.78, 5) is 17.3. The van der Waals surface area contributed by atoms with Gasteiger partial charge in [-0.2, -0.15) is 0 Å². The molecule has 0 aliphatic heterocycles. The zero-order chi connectivity index (χ0) is 16.1. The van der Waals surface area contributed by atoms with Crippen LogP contribution in [0.3, 0.4) is 0 Å². The number of rotatable bonds is 6. The molecule has 1 amide bonds. The number of hydrogen-bond donors (Lipinski definition) is 2. The molecule has 23 heavy (non-hydrogen) atoms. The van der Waals surface area contributed by atoms with E-state index in [0.717, 1.165) is 15.4 Å². The minimum absolute atomic E-state index is 0.106. The van der Waals surface area contributed by atoms with Gasteiger partial charge in [0.1, 0.15) is 10.0 Å². The summed E-state index contributed by atoms with van der Waals surface area (Å²) in [5.41, 5.74) is 1.05. The van der Waals surface area contributed by atoms with Crippen molar-refractivity contribution in [3.05, 3.63) is 51.6 Å². The zero-order valence-electron chi connectivity index (χ0n) is 12.1. The Labute approximate surface area is 140 Å². The highest BCUT2D eigenvalue weighted by atomic mass is 32.1. The van der Waals surface area contributed by atoms with Gasteiger partial charge in [-0.1, -0.05) is 41.7 Å². The highest BCUT2D eigenvalue weighted by molar-refractivity contribution is 7.17. The predicted octanol–water partition coefficient (Wildman–Crippen LogP) is 2.13. The van der Waals surface area contributed by atoms with E-state index in [1.165, 1.54) is 22.7 Å². The molecule has 1 aromatic carbocycles. The third kappa shape index (κ3) is 3.98. The maximum absolute atomic E-state index is 12.1. The number of carbonyl (C=O) groups is 1. The Hall–Kier alpha value is -2.16. The lowest BCUT2D eigenvalue weighted by molar-refractivity contribution is 0.0953. The summed E-state index contributed by atoms with van der Waals surface area (Å²) < 4.78 is 0. The van der Waals surface area contributed by atoms with Crippen molar-refractivity contribution in [2.45, 2.75) is 13.0 Å². The van der Waals surface area contributed by atoms with Gasteiger partial charge in [-0.3, -0.25) is 4.79 Å². The van der Waals surface area contributed by atoms with E-state index in [9.17, 15) is 4.79 Å². The standard InChI is InChI=1S/C15H14N4O2S2/c20-9-13-19-18-12(23-13)6-7-16-14(21)15-17-8-11(22-15)10-4-2-1-3-5-10/h1-5,8,20H,6-7,9H2,(H,16,21). The van der Waals surface area contributed by atoms with Crippen LogP contribution >= 0.6 is 22.7 Å². The van der Waals surface area contributed by atoms with Crippen LogP contribution in [0.5, 0.6) is 0 Å². The van der Waals surface area contributed by atoms with Crippen LogP contribution in [0.15, 0.2) is 36.5 Å². The average Bonchev–Trinajstić information content (AvgIpc) is 3.25. The second-order valence-electron chi connectivity index (χ2n) is 4.65. The van der Waals surface area contributed by atoms with Crippen molar-refractivity contribution < 1.29 is 9.90 Å². The van der Waals surface area contributed by atoms with Gasteiger partial charge in [-0.15, -0.1) is 21.5 Å². The quantitative estimate of drug-likeness (QED) is 0.714. The van der Waals surface area contributed by atoms with Crippen LogP contribution < -0.4 is 5.32 Å². The van der Waals surface area contributed by atoms with E-state index in [1.807, 2.05) is 30.3 Å². The zero-order valence-corrected chi connectivity index (χ0v) is 13.7. The number of nitrogens with zero attached hydrogens (tertiary/aromatic N) is 3. The molecule has 8 heteroatoms. The highest BCUT2D eigenvalue weighted by Crippen LogP contribution is 2.25. The Bertz CT molecular complexity index is 786. The molecule has 0 unspecified atom stereocenters. The van der Waals surface area contributed by atoms with Crippen molar-refractivity contribution in [3.8, 4) is 10.4 Å². The Morgan fingerprint density at radius 2 is 1.91 bits per heavy atom. The van der Waals surface area contributed by atoms with E-state index in [-0.39, 0.29) is 12.5 Å². The van der Waals surface area contributed by atoms with Gasteiger partial charge in [-0.05, 0) is 5.56 Å². The topological polar surface area (TPSA) is 88.0 Å². The molecule has 6 nitrogen and oxygen atoms in total. The van der Waals surface area contributed by atoms with Crippen molar-refractivity contribution >= 4 is 28.6 Å². The maximum atomic E-state index is 12.1. The molecule has 0 aliphatic carbocycles. The number of hydrogen-bond acceptors (Lipinski definition) is 7. The first kappa shape index (κ1) is 15.7. The Morgan fingerprint density at radius 1 is 1.13 bits per heavy atom. The van der Waals surface area contributed by atoms with E-state index in [1.54, 1.807) is 6.20 Å². The number of amides is 1. The fourth-order valence-electron chi connectivity index (χ4n) is 1.93. The normalized spacial score (nSPS) is 10.7. The first-order valence-corrected chi connectivity index (χ1v) is 8.61. The second-order valence-corrected chi connectivity index (χ2v) is 6.83. The molecule has 3 aromatic rings. The van der Waals surface area contributed by atoms with Gasteiger partial charge in [0.2, 0.25) is 0 Å². The number of aromatic nitrogens is 3. The minimum Gasteiger partial charge on any atom is -0.389 e. The van der Waals surface area contributed by atoms with E-state index in [4.69, 9.17) is 5.11 Å². The average molecular weight is 346 g/mol. The molecule has 0 bridgehead atoms. The molecule has 0 saturated heterocycles. The molecule has 0 fully saturated rings. The van der Waals surface area contributed by atoms with Crippen molar-refractivity contribution in [2.75, 3.05) is 6.54 Å². The van der Waals surface area contributed by atoms with E-state index < -0.39 is 0 Å². The number of nitrogens with one attached hydrogen (secondary N) is 1. The number of carbonyl (C=O) groups excluding carboxylic acids is 1. The molecule has 0 radical (unpaired) electrons. The Morgan fingerprint density at radius 3 is 2.65 bits per heavy atom. The fourth-order valence-corrected chi connectivity index (χ4v) is 3.47. The van der Waals surface area contributed by atoms with Gasteiger partial charge < -0.3 is 10.4 Å². The first-order valence-electron chi connectivity index (χ1n) is 6.98. The minimum atomic E-state index is -0.191. The van der Waals surface area contributed by atoms with Crippen molar-refractivity contribution in [1.82, 2.24) is 20.5 Å². The largest absolute Gasteiger partial charge is 0.389 e. The van der Waals surface area contributed by atoms with Crippen molar-refractivity contribution in [2.24, 2.45) is 0 Å². The molecule has 0 saturated carbocycles. The smallest absolute Gasteiger partial charge is 0.280 e. The van der Waals surface area contributed by atoms with Crippen LogP contribution in [0.25, 0.3) is 10.4 Å². The third-order valence-corrected chi connectivity index (χ3v) is 5.04. The van der Waals surface area contributed by atoms with Crippen LogP contribution in [0.4, 0.5) is 0 Å². The van der Waals surface area contributed by atoms with Gasteiger partial charge in [0, 0.05) is 19.2 Å². The molecule has 3 rings (SSSR count). The monoisotopic (exact) mass is 346 g/mol. The summed E-state index contributed by atoms with van der Waals surface area (Å²) >= 11 is 2.71. The summed E-state index contributed by atoms with van der Waals surface area (Å²) in [5, 5.41) is 21.3.